The van der Waals surface area contributed by atoms with Crippen molar-refractivity contribution in [3.05, 3.63) is 83.4 Å². The third-order valence-corrected chi connectivity index (χ3v) is 5.38. The number of hydrogen-bond donors (Lipinski definition) is 2. The van der Waals surface area contributed by atoms with Gasteiger partial charge >= 0.3 is 0 Å². The number of carbonyl (C=O) groups is 1. The molecule has 30 heavy (non-hydrogen) atoms. The van der Waals surface area contributed by atoms with Crippen LogP contribution in [0.5, 0.6) is 0 Å². The van der Waals surface area contributed by atoms with E-state index >= 15 is 0 Å². The summed E-state index contributed by atoms with van der Waals surface area (Å²) in [6, 6.07) is 15.8. The molecule has 0 fully saturated rings. The van der Waals surface area contributed by atoms with Crippen molar-refractivity contribution in [2.75, 3.05) is 6.26 Å². The maximum atomic E-state index is 12.4. The van der Waals surface area contributed by atoms with Gasteiger partial charge in [0.05, 0.1) is 18.1 Å². The molecule has 0 spiro atoms. The van der Waals surface area contributed by atoms with Crippen molar-refractivity contribution in [3.8, 4) is 0 Å². The van der Waals surface area contributed by atoms with Crippen molar-refractivity contribution in [3.63, 3.8) is 0 Å². The predicted octanol–water partition coefficient (Wildman–Crippen LogP) is 3.99. The number of nitrogens with one attached hydrogen (secondary N) is 1. The van der Waals surface area contributed by atoms with Crippen LogP contribution in [0.1, 0.15) is 22.4 Å². The number of nitrogens with two attached hydrogens (primary N) is 1. The van der Waals surface area contributed by atoms with E-state index in [2.05, 4.69) is 47.6 Å². The molecular formula is C22H28Cl2N4OS. The summed E-state index contributed by atoms with van der Waals surface area (Å²) in [5, 5.41) is 2.95. The number of carbonyl (C=O) groups excluding carboxylic acids is 1. The lowest BCUT2D eigenvalue weighted by atomic mass is 10.1. The number of amides is 1. The van der Waals surface area contributed by atoms with E-state index in [1.165, 1.54) is 16.0 Å². The molecule has 0 saturated carbocycles. The van der Waals surface area contributed by atoms with Gasteiger partial charge in [0.25, 0.3) is 0 Å². The molecule has 1 aromatic heterocycles. The van der Waals surface area contributed by atoms with Gasteiger partial charge in [0.1, 0.15) is 0 Å². The van der Waals surface area contributed by atoms with Gasteiger partial charge in [0.15, 0.2) is 0 Å². The van der Waals surface area contributed by atoms with E-state index in [-0.39, 0.29) is 30.7 Å². The van der Waals surface area contributed by atoms with Crippen LogP contribution in [0.3, 0.4) is 0 Å². The van der Waals surface area contributed by atoms with Crippen molar-refractivity contribution in [1.82, 2.24) is 14.9 Å². The van der Waals surface area contributed by atoms with Gasteiger partial charge in [-0.3, -0.25) is 4.79 Å². The summed E-state index contributed by atoms with van der Waals surface area (Å²) in [7, 11) is 0. The van der Waals surface area contributed by atoms with Gasteiger partial charge in [-0.2, -0.15) is 0 Å². The lowest BCUT2D eigenvalue weighted by Crippen LogP contribution is -2.41. The third kappa shape index (κ3) is 7.36. The van der Waals surface area contributed by atoms with E-state index in [0.717, 1.165) is 17.8 Å². The third-order valence-electron chi connectivity index (χ3n) is 4.56. The molecule has 0 bridgehead atoms. The largest absolute Gasteiger partial charge is 0.351 e. The lowest BCUT2D eigenvalue weighted by Gasteiger charge is -2.13. The van der Waals surface area contributed by atoms with Crippen molar-refractivity contribution in [1.29, 1.82) is 0 Å². The topological polar surface area (TPSA) is 72.9 Å². The van der Waals surface area contributed by atoms with Gasteiger partial charge in [0.2, 0.25) is 5.91 Å². The van der Waals surface area contributed by atoms with E-state index in [1.807, 2.05) is 35.2 Å². The Bertz CT molecular complexity index is 934. The summed E-state index contributed by atoms with van der Waals surface area (Å²) >= 11 is 1.68. The highest BCUT2D eigenvalue weighted by Gasteiger charge is 2.16. The van der Waals surface area contributed by atoms with Crippen LogP contribution in [0.2, 0.25) is 0 Å². The highest BCUT2D eigenvalue weighted by molar-refractivity contribution is 7.98. The maximum Gasteiger partial charge on any atom is 0.237 e. The van der Waals surface area contributed by atoms with Crippen LogP contribution in [-0.4, -0.2) is 27.8 Å². The van der Waals surface area contributed by atoms with Crippen molar-refractivity contribution in [2.45, 2.75) is 37.4 Å². The fourth-order valence-corrected chi connectivity index (χ4v) is 3.73. The summed E-state index contributed by atoms with van der Waals surface area (Å²) in [5.41, 5.74) is 10.4. The zero-order valence-corrected chi connectivity index (χ0v) is 19.5. The quantitative estimate of drug-likeness (QED) is 0.492. The minimum atomic E-state index is -0.622. The molecule has 0 radical (unpaired) electrons. The number of thioether (sulfide) groups is 1. The number of nitrogens with zero attached hydrogens (tertiary/aromatic N) is 2. The van der Waals surface area contributed by atoms with E-state index < -0.39 is 6.04 Å². The van der Waals surface area contributed by atoms with Gasteiger partial charge in [0, 0.05) is 30.6 Å². The first-order valence-corrected chi connectivity index (χ1v) is 10.5. The van der Waals surface area contributed by atoms with E-state index in [0.29, 0.717) is 13.0 Å². The molecule has 1 amide bonds. The molecule has 3 N–H and O–H groups in total. The van der Waals surface area contributed by atoms with E-state index in [1.54, 1.807) is 18.1 Å². The summed E-state index contributed by atoms with van der Waals surface area (Å²) < 4.78 is 2.01. The molecule has 3 aromatic rings. The number of aromatic nitrogens is 2. The second kappa shape index (κ2) is 12.6. The molecule has 0 aliphatic carbocycles. The van der Waals surface area contributed by atoms with Crippen LogP contribution in [0.4, 0.5) is 0 Å². The van der Waals surface area contributed by atoms with Gasteiger partial charge < -0.3 is 15.6 Å². The molecule has 1 atom stereocenters. The highest BCUT2D eigenvalue weighted by atomic mass is 35.5. The molecule has 8 heteroatoms. The molecule has 0 aliphatic rings. The van der Waals surface area contributed by atoms with Gasteiger partial charge in [-0.1, -0.05) is 42.5 Å². The first-order valence-electron chi connectivity index (χ1n) is 9.26. The number of hydrogen-bond acceptors (Lipinski definition) is 4. The van der Waals surface area contributed by atoms with Crippen LogP contribution in [0.15, 0.2) is 66.0 Å². The van der Waals surface area contributed by atoms with Crippen molar-refractivity contribution in [2.24, 2.45) is 5.73 Å². The Morgan fingerprint density at radius 3 is 2.63 bits per heavy atom. The fourth-order valence-electron chi connectivity index (χ4n) is 3.02. The highest BCUT2D eigenvalue weighted by Crippen LogP contribution is 2.21. The molecule has 0 unspecified atom stereocenters. The smallest absolute Gasteiger partial charge is 0.237 e. The molecular weight excluding hydrogens is 439 g/mol. The first kappa shape index (κ1) is 26.0. The first-order chi connectivity index (χ1) is 13.5. The lowest BCUT2D eigenvalue weighted by molar-refractivity contribution is -0.122. The number of halogens is 2. The van der Waals surface area contributed by atoms with Crippen LogP contribution < -0.4 is 11.1 Å². The van der Waals surface area contributed by atoms with Crippen LogP contribution in [0.25, 0.3) is 0 Å². The molecule has 3 rings (SSSR count). The Kier molecular flexibility index (Phi) is 11.0. The number of benzene rings is 2. The summed E-state index contributed by atoms with van der Waals surface area (Å²) in [4.78, 5) is 18.0. The molecule has 0 aliphatic heterocycles. The second-order valence-corrected chi connectivity index (χ2v) is 7.71. The van der Waals surface area contributed by atoms with Crippen molar-refractivity contribution >= 4 is 42.5 Å². The molecule has 1 heterocycles. The zero-order valence-electron chi connectivity index (χ0n) is 17.1. The average molecular weight is 467 g/mol. The molecule has 5 nitrogen and oxygen atoms in total. The van der Waals surface area contributed by atoms with Gasteiger partial charge in [-0.25, -0.2) is 4.98 Å². The zero-order chi connectivity index (χ0) is 19.9. The second-order valence-electron chi connectivity index (χ2n) is 6.87. The van der Waals surface area contributed by atoms with Crippen molar-refractivity contribution < 1.29 is 4.79 Å². The fraction of sp³-hybridized carbons (Fsp3) is 0.273. The van der Waals surface area contributed by atoms with Crippen LogP contribution >= 0.6 is 36.6 Å². The molecule has 0 saturated heterocycles. The van der Waals surface area contributed by atoms with Gasteiger partial charge in [-0.15, -0.1) is 36.6 Å². The SMILES string of the molecule is CSc1cc(C)ccc1CNC(=O)[C@@H](N)Cc1cn(Cc2ccccc2)cn1.Cl.Cl. The minimum absolute atomic E-state index is 0. The normalized spacial score (nSPS) is 11.2. The van der Waals surface area contributed by atoms with Crippen LogP contribution in [0, 0.1) is 6.92 Å². The number of imidazole rings is 1. The maximum absolute atomic E-state index is 12.4. The number of rotatable bonds is 8. The average Bonchev–Trinajstić information content (AvgIpc) is 3.14. The van der Waals surface area contributed by atoms with Gasteiger partial charge in [-0.05, 0) is 35.9 Å². The Hall–Kier alpha value is -1.99. The Morgan fingerprint density at radius 1 is 1.20 bits per heavy atom. The Morgan fingerprint density at radius 2 is 1.93 bits per heavy atom. The summed E-state index contributed by atoms with van der Waals surface area (Å²) in [6.07, 6.45) is 6.18. The molecule has 2 aromatic carbocycles. The Balaban J connectivity index is 0.00000225. The van der Waals surface area contributed by atoms with E-state index in [9.17, 15) is 4.79 Å². The number of aryl methyl sites for hydroxylation is 1. The van der Waals surface area contributed by atoms with E-state index in [4.69, 9.17) is 5.73 Å². The van der Waals surface area contributed by atoms with Crippen LogP contribution in [-0.2, 0) is 24.3 Å². The monoisotopic (exact) mass is 466 g/mol. The summed E-state index contributed by atoms with van der Waals surface area (Å²) in [5.74, 6) is -0.162. The standard InChI is InChI=1S/C22H26N4OS.2ClH/c1-16-8-9-18(21(10-16)28-2)12-24-22(27)20(23)11-19-14-26(15-25-19)13-17-6-4-3-5-7-17;;/h3-10,14-15,20H,11-13,23H2,1-2H3,(H,24,27);2*1H/t20-;;/m0../s1. The minimum Gasteiger partial charge on any atom is -0.351 e. The molecule has 162 valence electrons. The predicted molar refractivity (Wildman–Crippen MR) is 129 cm³/mol. The summed E-state index contributed by atoms with van der Waals surface area (Å²) in [6.45, 7) is 3.29. The Labute approximate surface area is 194 Å².